The molecule has 4 aromatic rings. The van der Waals surface area contributed by atoms with Crippen LogP contribution in [-0.2, 0) is 39.4 Å². The van der Waals surface area contributed by atoms with E-state index in [1.807, 2.05) is 12.1 Å². The smallest absolute Gasteiger partial charge is 0.331 e. The van der Waals surface area contributed by atoms with Gasteiger partial charge in [0.15, 0.2) is 0 Å². The van der Waals surface area contributed by atoms with Crippen LogP contribution in [0.15, 0.2) is 85.2 Å². The lowest BCUT2D eigenvalue weighted by molar-refractivity contribution is -0.169. The van der Waals surface area contributed by atoms with Crippen LogP contribution < -0.4 is 22.1 Å². The number of aromatic nitrogens is 2. The third-order valence-corrected chi connectivity index (χ3v) is 21.8. The number of likely N-dealkylation sites (tertiary alicyclic amines) is 2. The molecule has 0 spiro atoms. The van der Waals surface area contributed by atoms with Gasteiger partial charge in [-0.05, 0) is 162 Å². The van der Waals surface area contributed by atoms with Crippen molar-refractivity contribution in [3.63, 3.8) is 0 Å². The molecule has 2 aromatic carbocycles. The molecule has 8 aliphatic carbocycles. The summed E-state index contributed by atoms with van der Waals surface area (Å²) in [5, 5.41) is 6.67. The summed E-state index contributed by atoms with van der Waals surface area (Å²) in [5.74, 6) is 0.135. The third kappa shape index (κ3) is 10.3. The molecule has 2 aromatic heterocycles. The lowest BCUT2D eigenvalue weighted by atomic mass is 9.63. The number of amides is 2. The van der Waals surface area contributed by atoms with Gasteiger partial charge in [-0.25, -0.2) is 19.6 Å². The van der Waals surface area contributed by atoms with Gasteiger partial charge < -0.3 is 52.0 Å². The van der Waals surface area contributed by atoms with E-state index in [1.165, 1.54) is 49.2 Å². The van der Waals surface area contributed by atoms with Crippen LogP contribution in [0.1, 0.15) is 147 Å². The third-order valence-electron chi connectivity index (χ3n) is 21.8. The molecule has 10 N–H and O–H groups in total. The van der Waals surface area contributed by atoms with Gasteiger partial charge in [-0.1, -0.05) is 48.5 Å². The Labute approximate surface area is 479 Å². The normalized spacial score (nSPS) is 32.9. The number of fused-ring (bicyclic) bond motifs is 8. The molecule has 0 unspecified atom stereocenters. The van der Waals surface area contributed by atoms with Crippen LogP contribution in [0.2, 0.25) is 0 Å². The fourth-order valence-corrected chi connectivity index (χ4v) is 16.4. The van der Waals surface area contributed by atoms with E-state index in [0.29, 0.717) is 112 Å². The Morgan fingerprint density at radius 2 is 0.878 bits per heavy atom. The van der Waals surface area contributed by atoms with Crippen LogP contribution in [0.25, 0.3) is 22.3 Å². The summed E-state index contributed by atoms with van der Waals surface area (Å²) in [5.41, 5.74) is 18.2. The summed E-state index contributed by atoms with van der Waals surface area (Å²) >= 11 is 0. The van der Waals surface area contributed by atoms with Crippen LogP contribution in [0.5, 0.6) is 0 Å². The number of carbonyl (C=O) groups excluding carboxylic acids is 4. The number of hydrogen-bond acceptors (Lipinski definition) is 14. The highest BCUT2D eigenvalue weighted by Gasteiger charge is 2.62. The molecule has 436 valence electrons. The van der Waals surface area contributed by atoms with Gasteiger partial charge in [0.2, 0.25) is 0 Å². The first-order chi connectivity index (χ1) is 38.7. The summed E-state index contributed by atoms with van der Waals surface area (Å²) in [6.45, 7) is 8.03. The predicted octanol–water partition coefficient (Wildman–Crippen LogP) is 6.32. The molecule has 6 heterocycles. The monoisotopic (exact) mass is 1120 g/mol. The van der Waals surface area contributed by atoms with Crippen molar-refractivity contribution in [3.05, 3.63) is 107 Å². The van der Waals surface area contributed by atoms with Gasteiger partial charge in [0.05, 0.1) is 11.1 Å². The Bertz CT molecular complexity index is 2880. The summed E-state index contributed by atoms with van der Waals surface area (Å²) in [4.78, 5) is 68.9. The van der Waals surface area contributed by atoms with E-state index in [1.54, 1.807) is 12.4 Å². The summed E-state index contributed by atoms with van der Waals surface area (Å²) in [6, 6.07) is 22.6. The Balaban J connectivity index is 0.00000333. The molecular formula is C64H80N8O10. The molecular weight excluding hydrogens is 1040 g/mol. The molecule has 4 aliphatic heterocycles. The number of esters is 2. The van der Waals surface area contributed by atoms with Crippen molar-refractivity contribution in [3.8, 4) is 22.3 Å². The molecule has 82 heavy (non-hydrogen) atoms. The maximum atomic E-state index is 14.0. The fourth-order valence-electron chi connectivity index (χ4n) is 16.4. The highest BCUT2D eigenvalue weighted by atomic mass is 16.6. The van der Waals surface area contributed by atoms with Crippen LogP contribution in [0.3, 0.4) is 0 Å². The quantitative estimate of drug-likeness (QED) is 0.0794. The molecule has 12 aliphatic rings. The number of nitrogens with two attached hydrogens (primary N) is 2. The minimum atomic E-state index is -0.665. The van der Waals surface area contributed by atoms with Gasteiger partial charge in [0.1, 0.15) is 22.8 Å². The van der Waals surface area contributed by atoms with E-state index in [-0.39, 0.29) is 45.2 Å². The molecule has 0 radical (unpaired) electrons. The zero-order valence-corrected chi connectivity index (χ0v) is 47.0. The number of nitrogens with zero attached hydrogens (tertiary/aromatic N) is 4. The molecule has 12 fully saturated rings. The van der Waals surface area contributed by atoms with Crippen molar-refractivity contribution < 1.29 is 49.1 Å². The van der Waals surface area contributed by atoms with E-state index < -0.39 is 34.2 Å². The second kappa shape index (κ2) is 21.4. The van der Waals surface area contributed by atoms with E-state index in [4.69, 9.17) is 30.4 Å². The molecule has 18 heteroatoms. The Hall–Kier alpha value is -6.28. The van der Waals surface area contributed by atoms with Gasteiger partial charge in [0, 0.05) is 122 Å². The first-order valence-corrected chi connectivity index (χ1v) is 29.9. The number of nitrogens with one attached hydrogen (secondary N) is 2. The maximum Gasteiger partial charge on any atom is 0.331 e. The van der Waals surface area contributed by atoms with Crippen molar-refractivity contribution in [2.75, 3.05) is 64.1 Å². The lowest BCUT2D eigenvalue weighted by Crippen LogP contribution is -2.59. The van der Waals surface area contributed by atoms with E-state index >= 15 is 0 Å². The lowest BCUT2D eigenvalue weighted by Gasteiger charge is -2.52. The second-order valence-corrected chi connectivity index (χ2v) is 26.1. The van der Waals surface area contributed by atoms with E-state index in [2.05, 4.69) is 78.9 Å². The Morgan fingerprint density at radius 1 is 0.524 bits per heavy atom. The fraction of sp³-hybridized carbons (Fsp3) is 0.562. The number of ether oxygens (including phenoxy) is 4. The molecule has 8 saturated carbocycles. The number of benzene rings is 2. The summed E-state index contributed by atoms with van der Waals surface area (Å²) in [6.07, 6.45) is 20.2. The Morgan fingerprint density at radius 3 is 1.23 bits per heavy atom. The highest BCUT2D eigenvalue weighted by molar-refractivity contribution is 6.01. The zero-order chi connectivity index (χ0) is 54.5. The topological polar surface area (TPSA) is 277 Å². The highest BCUT2D eigenvalue weighted by Crippen LogP contribution is 2.61. The van der Waals surface area contributed by atoms with Crippen molar-refractivity contribution in [2.45, 2.75) is 161 Å². The van der Waals surface area contributed by atoms with Crippen molar-refractivity contribution in [2.24, 2.45) is 11.8 Å². The number of anilines is 2. The van der Waals surface area contributed by atoms with Crippen molar-refractivity contribution >= 4 is 35.4 Å². The van der Waals surface area contributed by atoms with E-state index in [9.17, 15) is 19.2 Å². The maximum absolute atomic E-state index is 14.0. The number of nitrogen functional groups attached to an aromatic ring is 2. The van der Waals surface area contributed by atoms with Crippen molar-refractivity contribution in [1.29, 1.82) is 0 Å². The largest absolute Gasteiger partial charge is 0.456 e. The second-order valence-electron chi connectivity index (χ2n) is 26.1. The van der Waals surface area contributed by atoms with Gasteiger partial charge >= 0.3 is 11.9 Å². The van der Waals surface area contributed by atoms with Gasteiger partial charge in [-0.2, -0.15) is 0 Å². The molecule has 18 nitrogen and oxygen atoms in total. The average molecular weight is 1120 g/mol. The number of carbonyl (C=O) groups is 4. The SMILES string of the molecule is Nc1ncc(-c2ccc([C@@]34C[C@@H]3CN(C3CCOCC3)C4)cc2)cc1C(=O)NC12CCC(OC(=O)/C=C/C(=O)OC34CCC(NC(=O)c5cc(-c6ccc([C@@]78C[C@@H]7CN(C7CCOCC7)C8)cc6)cnc5N)(CC3)CC4)(CC1)CC2.O.O. The average Bonchev–Trinajstić information content (AvgIpc) is 3.81. The first-order valence-electron chi connectivity index (χ1n) is 29.9. The van der Waals surface area contributed by atoms with E-state index in [0.717, 1.165) is 87.5 Å². The molecule has 4 saturated heterocycles. The minimum absolute atomic E-state index is 0. The molecule has 4 atom stereocenters. The van der Waals surface area contributed by atoms with Crippen LogP contribution >= 0.6 is 0 Å². The predicted molar refractivity (Wildman–Crippen MR) is 308 cm³/mol. The standard InChI is InChI=1S/C64H76N8O8.2H2O/c65-55-51(31-43(35-67-55)41-1-5-45(6-2-41)63-33-47(63)37-71(39-63)49-11-27-77-28-12-49)57(75)69-59-15-21-61(22-16-59,23-17-59)79-53(73)9-10-54(74)80-62-24-18-60(19-25-62,20-26-62)70-58(76)52-32-44(36-68-56(52)66)42-3-7-46(8-4-42)64-34-48(64)38-72(40-64)50-13-29-78-30-14-50;;/h1-10,31-32,35-36,47-50H,11-30,33-34,37-40H2,(H2,65,67)(H2,66,68)(H,69,75)(H,70,76);2*1H2/b10-9+;;/t47-,48-,59?,60?,61?,62?,63+,64+;;/m1../s1. The minimum Gasteiger partial charge on any atom is -0.456 e. The van der Waals surface area contributed by atoms with Crippen LogP contribution in [0.4, 0.5) is 11.6 Å². The van der Waals surface area contributed by atoms with Gasteiger partial charge in [-0.15, -0.1) is 0 Å². The van der Waals surface area contributed by atoms with Crippen LogP contribution in [-0.4, -0.2) is 141 Å². The molecule has 2 amide bonds. The summed E-state index contributed by atoms with van der Waals surface area (Å²) < 4.78 is 23.5. The molecule has 16 rings (SSSR count). The number of pyridine rings is 2. The Kier molecular flexibility index (Phi) is 14.7. The summed E-state index contributed by atoms with van der Waals surface area (Å²) in [7, 11) is 0. The first kappa shape index (κ1) is 56.2. The molecule has 4 bridgehead atoms. The van der Waals surface area contributed by atoms with Gasteiger partial charge in [-0.3, -0.25) is 19.4 Å². The number of hydrogen-bond donors (Lipinski definition) is 4. The van der Waals surface area contributed by atoms with Gasteiger partial charge in [0.25, 0.3) is 11.8 Å². The number of rotatable bonds is 14. The van der Waals surface area contributed by atoms with Crippen LogP contribution in [0, 0.1) is 11.8 Å². The zero-order valence-electron chi connectivity index (χ0n) is 47.0. The number of piperidine rings is 2. The van der Waals surface area contributed by atoms with Crippen molar-refractivity contribution in [1.82, 2.24) is 30.4 Å².